The van der Waals surface area contributed by atoms with Gasteiger partial charge in [0.15, 0.2) is 0 Å². The summed E-state index contributed by atoms with van der Waals surface area (Å²) in [5, 5.41) is 6.37. The minimum atomic E-state index is -0.0377. The Morgan fingerprint density at radius 3 is 2.15 bits per heavy atom. The minimum absolute atomic E-state index is 0.0377. The van der Waals surface area contributed by atoms with Gasteiger partial charge >= 0.3 is 0 Å². The van der Waals surface area contributed by atoms with Gasteiger partial charge in [-0.1, -0.05) is 60.7 Å². The van der Waals surface area contributed by atoms with Crippen LogP contribution in [0.25, 0.3) is 21.8 Å². The van der Waals surface area contributed by atoms with Gasteiger partial charge in [-0.2, -0.15) is 5.10 Å². The monoisotopic (exact) mass is 341 g/mol. The summed E-state index contributed by atoms with van der Waals surface area (Å²) in [7, 11) is 0. The maximum Gasteiger partial charge on any atom is 0.252 e. The Morgan fingerprint density at radius 2 is 1.50 bits per heavy atom. The van der Waals surface area contributed by atoms with Crippen molar-refractivity contribution in [2.75, 3.05) is 6.54 Å². The number of carbonyl (C=O) groups is 1. The number of aromatic nitrogens is 1. The van der Waals surface area contributed by atoms with Crippen molar-refractivity contribution in [2.24, 2.45) is 5.10 Å². The van der Waals surface area contributed by atoms with Gasteiger partial charge in [0.05, 0.1) is 17.2 Å². The molecule has 0 saturated carbocycles. The fourth-order valence-electron chi connectivity index (χ4n) is 3.23. The van der Waals surface area contributed by atoms with E-state index >= 15 is 0 Å². The number of fused-ring (bicyclic) bond motifs is 3. The van der Waals surface area contributed by atoms with E-state index in [-0.39, 0.29) is 12.5 Å². The number of hydrogen-bond acceptors (Lipinski definition) is 3. The lowest BCUT2D eigenvalue weighted by molar-refractivity contribution is 0.0923. The quantitative estimate of drug-likeness (QED) is 0.443. The Kier molecular flexibility index (Phi) is 4.23. The lowest BCUT2D eigenvalue weighted by Crippen LogP contribution is -2.23. The van der Waals surface area contributed by atoms with Crippen LogP contribution in [0.15, 0.2) is 77.9 Å². The summed E-state index contributed by atoms with van der Waals surface area (Å²) in [6.07, 6.45) is 1.74. The molecule has 0 aliphatic rings. The molecular weight excluding hydrogens is 322 g/mol. The molecule has 0 fully saturated rings. The van der Waals surface area contributed by atoms with Crippen molar-refractivity contribution in [1.29, 1.82) is 0 Å². The second-order valence-corrected chi connectivity index (χ2v) is 6.21. The molecule has 0 amide bonds. The van der Waals surface area contributed by atoms with Crippen molar-refractivity contribution in [3.63, 3.8) is 0 Å². The molecule has 3 aromatic carbocycles. The molecule has 1 aromatic heterocycles. The highest BCUT2D eigenvalue weighted by Crippen LogP contribution is 2.28. The molecular formula is C22H19N3O. The Morgan fingerprint density at radius 1 is 0.923 bits per heavy atom. The standard InChI is InChI=1S/C22H19N3O/c1-16-8-2-3-9-17(16)14-23-24-15-22(26)25-20-12-6-4-10-18(20)19-11-5-7-13-21(19)25/h2-14,24H,15H2,1H3/b23-14+. The number of aryl methyl sites for hydroxylation is 1. The van der Waals surface area contributed by atoms with Gasteiger partial charge in [-0.15, -0.1) is 0 Å². The van der Waals surface area contributed by atoms with Gasteiger partial charge < -0.3 is 5.43 Å². The van der Waals surface area contributed by atoms with Gasteiger partial charge in [0.2, 0.25) is 0 Å². The Bertz CT molecular complexity index is 1070. The normalized spacial score (nSPS) is 11.4. The number of hydrogen-bond donors (Lipinski definition) is 1. The van der Waals surface area contributed by atoms with E-state index in [1.807, 2.05) is 79.7 Å². The van der Waals surface area contributed by atoms with Crippen molar-refractivity contribution in [3.05, 3.63) is 83.9 Å². The third kappa shape index (κ3) is 2.86. The molecule has 0 aliphatic heterocycles. The highest BCUT2D eigenvalue weighted by atomic mass is 16.2. The van der Waals surface area contributed by atoms with E-state index in [0.717, 1.165) is 32.9 Å². The molecule has 1 heterocycles. The van der Waals surface area contributed by atoms with Gasteiger partial charge in [0.1, 0.15) is 6.54 Å². The highest BCUT2D eigenvalue weighted by Gasteiger charge is 2.14. The number of benzene rings is 3. The second kappa shape index (κ2) is 6.84. The smallest absolute Gasteiger partial charge is 0.252 e. The van der Waals surface area contributed by atoms with E-state index in [1.54, 1.807) is 10.8 Å². The van der Waals surface area contributed by atoms with E-state index in [9.17, 15) is 4.79 Å². The van der Waals surface area contributed by atoms with Crippen molar-refractivity contribution < 1.29 is 4.79 Å². The predicted molar refractivity (Wildman–Crippen MR) is 107 cm³/mol. The third-order valence-corrected chi connectivity index (χ3v) is 4.54. The van der Waals surface area contributed by atoms with Crippen LogP contribution in [0.1, 0.15) is 15.9 Å². The molecule has 1 N–H and O–H groups in total. The summed E-state index contributed by atoms with van der Waals surface area (Å²) in [5.41, 5.74) is 6.89. The molecule has 0 atom stereocenters. The predicted octanol–water partition coefficient (Wildman–Crippen LogP) is 4.37. The third-order valence-electron chi connectivity index (χ3n) is 4.54. The zero-order valence-electron chi connectivity index (χ0n) is 14.5. The molecule has 4 heteroatoms. The first-order valence-electron chi connectivity index (χ1n) is 8.58. The molecule has 128 valence electrons. The molecule has 26 heavy (non-hydrogen) atoms. The maximum absolute atomic E-state index is 12.8. The van der Waals surface area contributed by atoms with Crippen LogP contribution in [0, 0.1) is 6.92 Å². The molecule has 0 aliphatic carbocycles. The lowest BCUT2D eigenvalue weighted by Gasteiger charge is -2.06. The lowest BCUT2D eigenvalue weighted by atomic mass is 10.1. The van der Waals surface area contributed by atoms with Gasteiger partial charge in [0.25, 0.3) is 5.91 Å². The van der Waals surface area contributed by atoms with Crippen LogP contribution in [0.4, 0.5) is 0 Å². The minimum Gasteiger partial charge on any atom is -0.301 e. The largest absolute Gasteiger partial charge is 0.301 e. The molecule has 0 unspecified atom stereocenters. The maximum atomic E-state index is 12.8. The molecule has 4 nitrogen and oxygen atoms in total. The number of nitrogens with one attached hydrogen (secondary N) is 1. The van der Waals surface area contributed by atoms with E-state index in [4.69, 9.17) is 0 Å². The highest BCUT2D eigenvalue weighted by molar-refractivity contribution is 6.13. The fourth-order valence-corrected chi connectivity index (χ4v) is 3.23. The Labute approximate surface area is 151 Å². The van der Waals surface area contributed by atoms with Crippen LogP contribution >= 0.6 is 0 Å². The fraction of sp³-hybridized carbons (Fsp3) is 0.0909. The van der Waals surface area contributed by atoms with Crippen molar-refractivity contribution in [3.8, 4) is 0 Å². The number of para-hydroxylation sites is 2. The number of hydrazone groups is 1. The average molecular weight is 341 g/mol. The van der Waals surface area contributed by atoms with Crippen molar-refractivity contribution in [2.45, 2.75) is 6.92 Å². The molecule has 0 saturated heterocycles. The first-order valence-corrected chi connectivity index (χ1v) is 8.58. The molecule has 0 bridgehead atoms. The van der Waals surface area contributed by atoms with E-state index < -0.39 is 0 Å². The van der Waals surface area contributed by atoms with E-state index in [2.05, 4.69) is 10.5 Å². The van der Waals surface area contributed by atoms with E-state index in [0.29, 0.717) is 0 Å². The summed E-state index contributed by atoms with van der Waals surface area (Å²) >= 11 is 0. The zero-order chi connectivity index (χ0) is 17.9. The van der Waals surface area contributed by atoms with Crippen LogP contribution in [0.5, 0.6) is 0 Å². The first-order chi connectivity index (χ1) is 12.8. The first kappa shape index (κ1) is 16.1. The second-order valence-electron chi connectivity index (χ2n) is 6.21. The van der Waals surface area contributed by atoms with Gasteiger partial charge in [0, 0.05) is 10.8 Å². The molecule has 4 aromatic rings. The van der Waals surface area contributed by atoms with Crippen LogP contribution in [-0.4, -0.2) is 23.2 Å². The van der Waals surface area contributed by atoms with Crippen LogP contribution in [-0.2, 0) is 0 Å². The molecule has 4 rings (SSSR count). The van der Waals surface area contributed by atoms with Crippen molar-refractivity contribution >= 4 is 33.9 Å². The molecule has 0 radical (unpaired) electrons. The Balaban J connectivity index is 1.59. The topological polar surface area (TPSA) is 46.4 Å². The van der Waals surface area contributed by atoms with Crippen LogP contribution < -0.4 is 5.43 Å². The van der Waals surface area contributed by atoms with Crippen LogP contribution in [0.3, 0.4) is 0 Å². The van der Waals surface area contributed by atoms with E-state index in [1.165, 1.54) is 0 Å². The summed E-state index contributed by atoms with van der Waals surface area (Å²) in [5.74, 6) is -0.0377. The zero-order valence-corrected chi connectivity index (χ0v) is 14.5. The summed E-state index contributed by atoms with van der Waals surface area (Å²) in [6, 6.07) is 23.9. The number of carbonyl (C=O) groups excluding carboxylic acids is 1. The van der Waals surface area contributed by atoms with Gasteiger partial charge in [-0.3, -0.25) is 9.36 Å². The number of rotatable bonds is 4. The summed E-state index contributed by atoms with van der Waals surface area (Å²) in [4.78, 5) is 12.8. The van der Waals surface area contributed by atoms with Crippen molar-refractivity contribution in [1.82, 2.24) is 9.99 Å². The van der Waals surface area contributed by atoms with Gasteiger partial charge in [-0.05, 0) is 30.2 Å². The SMILES string of the molecule is Cc1ccccc1/C=N/NCC(=O)n1c2ccccc2c2ccccc21. The summed E-state index contributed by atoms with van der Waals surface area (Å²) in [6.45, 7) is 2.16. The Hall–Kier alpha value is -3.40. The van der Waals surface area contributed by atoms with Gasteiger partial charge in [-0.25, -0.2) is 0 Å². The average Bonchev–Trinajstić information content (AvgIpc) is 3.01. The number of nitrogens with zero attached hydrogens (tertiary/aromatic N) is 2. The van der Waals surface area contributed by atoms with Crippen LogP contribution in [0.2, 0.25) is 0 Å². The molecule has 0 spiro atoms. The summed E-state index contributed by atoms with van der Waals surface area (Å²) < 4.78 is 1.76.